The van der Waals surface area contributed by atoms with E-state index in [0.29, 0.717) is 6.61 Å². The van der Waals surface area contributed by atoms with E-state index in [1.807, 2.05) is 26.0 Å². The van der Waals surface area contributed by atoms with E-state index < -0.39 is 0 Å². The minimum absolute atomic E-state index is 0.572. The molecule has 1 rings (SSSR count). The lowest BCUT2D eigenvalue weighted by atomic mass is 10.3. The van der Waals surface area contributed by atoms with Crippen molar-refractivity contribution in [3.63, 3.8) is 0 Å². The van der Waals surface area contributed by atoms with Crippen LogP contribution < -0.4 is 9.47 Å². The second kappa shape index (κ2) is 5.32. The first-order chi connectivity index (χ1) is 6.74. The van der Waals surface area contributed by atoms with Crippen LogP contribution in [0.4, 0.5) is 0 Å². The summed E-state index contributed by atoms with van der Waals surface area (Å²) in [7, 11) is 1.62. The third-order valence-corrected chi connectivity index (χ3v) is 1.74. The molecule has 75 valence electrons. The van der Waals surface area contributed by atoms with Crippen molar-refractivity contribution in [3.8, 4) is 11.5 Å². The molecule has 2 heteroatoms. The number of ether oxygens (including phenoxy) is 2. The van der Waals surface area contributed by atoms with E-state index in [-0.39, 0.29) is 0 Å². The molecule has 1 aromatic carbocycles. The van der Waals surface area contributed by atoms with Crippen molar-refractivity contribution in [1.82, 2.24) is 0 Å². The summed E-state index contributed by atoms with van der Waals surface area (Å²) < 4.78 is 10.6. The zero-order valence-electron chi connectivity index (χ0n) is 8.83. The van der Waals surface area contributed by atoms with Crippen LogP contribution >= 0.6 is 0 Å². The quantitative estimate of drug-likeness (QED) is 0.681. The third-order valence-electron chi connectivity index (χ3n) is 1.74. The molecule has 0 aliphatic heterocycles. The zero-order valence-corrected chi connectivity index (χ0v) is 8.83. The van der Waals surface area contributed by atoms with Crippen molar-refractivity contribution in [1.29, 1.82) is 0 Å². The fraction of sp³-hybridized carbons (Fsp3) is 0.333. The number of allylic oxidation sites excluding steroid dienone is 1. The lowest BCUT2D eigenvalue weighted by Crippen LogP contribution is -1.96. The molecule has 0 bridgehead atoms. The molecule has 0 amide bonds. The Bertz CT molecular complexity index is 312. The lowest BCUT2D eigenvalue weighted by molar-refractivity contribution is 0.325. The van der Waals surface area contributed by atoms with E-state index in [1.54, 1.807) is 19.2 Å². The molecule has 0 spiro atoms. The van der Waals surface area contributed by atoms with Crippen LogP contribution in [0.1, 0.15) is 13.8 Å². The largest absolute Gasteiger partial charge is 0.493 e. The van der Waals surface area contributed by atoms with Gasteiger partial charge in [0.25, 0.3) is 0 Å². The van der Waals surface area contributed by atoms with Crippen molar-refractivity contribution in [2.75, 3.05) is 13.7 Å². The molecule has 0 saturated carbocycles. The Morgan fingerprint density at radius 3 is 2.86 bits per heavy atom. The molecule has 0 saturated heterocycles. The highest BCUT2D eigenvalue weighted by molar-refractivity contribution is 5.38. The molecule has 1 radical (unpaired) electrons. The number of benzene rings is 1. The van der Waals surface area contributed by atoms with Crippen LogP contribution in [0, 0.1) is 6.07 Å². The van der Waals surface area contributed by atoms with Crippen molar-refractivity contribution >= 4 is 0 Å². The Hall–Kier alpha value is -1.44. The van der Waals surface area contributed by atoms with Gasteiger partial charge in [0.15, 0.2) is 11.5 Å². The average Bonchev–Trinajstić information content (AvgIpc) is 2.18. The molecular weight excluding hydrogens is 176 g/mol. The molecule has 0 atom stereocenters. The summed E-state index contributed by atoms with van der Waals surface area (Å²) in [6.45, 7) is 4.65. The highest BCUT2D eigenvalue weighted by Gasteiger charge is 2.00. The van der Waals surface area contributed by atoms with Gasteiger partial charge in [-0.15, -0.1) is 0 Å². The lowest BCUT2D eigenvalue weighted by Gasteiger charge is -2.08. The van der Waals surface area contributed by atoms with Gasteiger partial charge in [0.2, 0.25) is 0 Å². The first-order valence-corrected chi connectivity index (χ1v) is 4.54. The minimum atomic E-state index is 0.572. The predicted molar refractivity (Wildman–Crippen MR) is 56.8 cm³/mol. The molecule has 0 unspecified atom stereocenters. The standard InChI is InChI=1S/C12H15O2/c1-10(2)8-9-14-12-7-5-4-6-11(12)13-3/h5-8H,9H2,1-3H3. The zero-order chi connectivity index (χ0) is 10.4. The van der Waals surface area contributed by atoms with Crippen molar-refractivity contribution in [3.05, 3.63) is 35.9 Å². The first kappa shape index (κ1) is 10.6. The van der Waals surface area contributed by atoms with Gasteiger partial charge in [-0.3, -0.25) is 0 Å². The van der Waals surface area contributed by atoms with Crippen molar-refractivity contribution in [2.24, 2.45) is 0 Å². The van der Waals surface area contributed by atoms with Crippen LogP contribution in [0.25, 0.3) is 0 Å². The van der Waals surface area contributed by atoms with Gasteiger partial charge in [-0.05, 0) is 38.1 Å². The summed E-state index contributed by atoms with van der Waals surface area (Å²) in [6, 6.07) is 8.34. The maximum atomic E-state index is 5.52. The van der Waals surface area contributed by atoms with Crippen LogP contribution in [0.5, 0.6) is 11.5 Å². The summed E-state index contributed by atoms with van der Waals surface area (Å²) in [5, 5.41) is 0. The highest BCUT2D eigenvalue weighted by Crippen LogP contribution is 2.25. The van der Waals surface area contributed by atoms with Gasteiger partial charge >= 0.3 is 0 Å². The number of rotatable bonds is 4. The van der Waals surface area contributed by atoms with Crippen molar-refractivity contribution < 1.29 is 9.47 Å². The second-order valence-corrected chi connectivity index (χ2v) is 3.17. The predicted octanol–water partition coefficient (Wildman–Crippen LogP) is 2.84. The highest BCUT2D eigenvalue weighted by atomic mass is 16.5. The number of methoxy groups -OCH3 is 1. The Morgan fingerprint density at radius 1 is 1.43 bits per heavy atom. The summed E-state index contributed by atoms with van der Waals surface area (Å²) in [6.07, 6.45) is 2.02. The molecular formula is C12H15O2. The number of hydrogen-bond donors (Lipinski definition) is 0. The normalized spacial score (nSPS) is 9.36. The fourth-order valence-electron chi connectivity index (χ4n) is 0.978. The van der Waals surface area contributed by atoms with E-state index in [2.05, 4.69) is 6.07 Å². The monoisotopic (exact) mass is 191 g/mol. The summed E-state index contributed by atoms with van der Waals surface area (Å²) in [5.41, 5.74) is 1.24. The maximum Gasteiger partial charge on any atom is 0.161 e. The van der Waals surface area contributed by atoms with Crippen LogP contribution in [0.15, 0.2) is 29.8 Å². The van der Waals surface area contributed by atoms with Crippen LogP contribution in [0.3, 0.4) is 0 Å². The Balaban J connectivity index is 2.62. The van der Waals surface area contributed by atoms with Gasteiger partial charge in [-0.1, -0.05) is 11.6 Å². The molecule has 1 aromatic rings. The fourth-order valence-corrected chi connectivity index (χ4v) is 0.978. The summed E-state index contributed by atoms with van der Waals surface area (Å²) in [4.78, 5) is 0. The Kier molecular flexibility index (Phi) is 4.05. The van der Waals surface area contributed by atoms with E-state index >= 15 is 0 Å². The van der Waals surface area contributed by atoms with Gasteiger partial charge in [0.05, 0.1) is 7.11 Å². The topological polar surface area (TPSA) is 18.5 Å². The minimum Gasteiger partial charge on any atom is -0.493 e. The van der Waals surface area contributed by atoms with Crippen LogP contribution in [-0.2, 0) is 0 Å². The smallest absolute Gasteiger partial charge is 0.161 e. The van der Waals surface area contributed by atoms with E-state index in [0.717, 1.165) is 11.5 Å². The Labute approximate surface area is 85.2 Å². The van der Waals surface area contributed by atoms with Crippen molar-refractivity contribution in [2.45, 2.75) is 13.8 Å². The maximum absolute atomic E-state index is 5.52. The molecule has 0 aromatic heterocycles. The Morgan fingerprint density at radius 2 is 2.21 bits per heavy atom. The van der Waals surface area contributed by atoms with Gasteiger partial charge < -0.3 is 9.47 Å². The van der Waals surface area contributed by atoms with Crippen LogP contribution in [0.2, 0.25) is 0 Å². The van der Waals surface area contributed by atoms with Gasteiger partial charge in [0.1, 0.15) is 6.61 Å². The van der Waals surface area contributed by atoms with E-state index in [4.69, 9.17) is 9.47 Å². The third kappa shape index (κ3) is 3.13. The molecule has 0 aliphatic rings. The number of hydrogen-bond acceptors (Lipinski definition) is 2. The summed E-state index contributed by atoms with van der Waals surface area (Å²) >= 11 is 0. The van der Waals surface area contributed by atoms with Gasteiger partial charge in [-0.2, -0.15) is 0 Å². The molecule has 0 fully saturated rings. The molecule has 0 heterocycles. The SMILES string of the molecule is COc1c[c]ccc1OCC=C(C)C. The molecule has 14 heavy (non-hydrogen) atoms. The van der Waals surface area contributed by atoms with Gasteiger partial charge in [0, 0.05) is 0 Å². The summed E-state index contributed by atoms with van der Waals surface area (Å²) in [5.74, 6) is 1.47. The molecule has 0 aliphatic carbocycles. The van der Waals surface area contributed by atoms with Crippen LogP contribution in [-0.4, -0.2) is 13.7 Å². The molecule has 2 nitrogen and oxygen atoms in total. The molecule has 0 N–H and O–H groups in total. The van der Waals surface area contributed by atoms with E-state index in [9.17, 15) is 0 Å². The first-order valence-electron chi connectivity index (χ1n) is 4.54. The van der Waals surface area contributed by atoms with Gasteiger partial charge in [-0.25, -0.2) is 0 Å². The average molecular weight is 191 g/mol. The van der Waals surface area contributed by atoms with E-state index in [1.165, 1.54) is 5.57 Å². The second-order valence-electron chi connectivity index (χ2n) is 3.17.